The molecular formula is C20H29F3O3. The van der Waals surface area contributed by atoms with Crippen molar-refractivity contribution in [3.63, 3.8) is 0 Å². The van der Waals surface area contributed by atoms with Crippen LogP contribution in [0.2, 0.25) is 0 Å². The van der Waals surface area contributed by atoms with E-state index in [-0.39, 0.29) is 18.3 Å². The predicted octanol–water partition coefficient (Wildman–Crippen LogP) is 4.65. The molecule has 10 atom stereocenters. The van der Waals surface area contributed by atoms with Crippen LogP contribution < -0.4 is 0 Å². The Morgan fingerprint density at radius 1 is 1.15 bits per heavy atom. The Morgan fingerprint density at radius 3 is 2.35 bits per heavy atom. The van der Waals surface area contributed by atoms with Gasteiger partial charge >= 0.3 is 12.1 Å². The van der Waals surface area contributed by atoms with E-state index < -0.39 is 29.8 Å². The van der Waals surface area contributed by atoms with Crippen LogP contribution in [-0.4, -0.2) is 25.0 Å². The first kappa shape index (κ1) is 18.6. The fourth-order valence-electron chi connectivity index (χ4n) is 7.50. The Labute approximate surface area is 153 Å². The van der Waals surface area contributed by atoms with Gasteiger partial charge in [-0.3, -0.25) is 4.79 Å². The third-order valence-electron chi connectivity index (χ3n) is 8.48. The van der Waals surface area contributed by atoms with Gasteiger partial charge in [0.15, 0.2) is 11.7 Å². The molecule has 0 saturated heterocycles. The van der Waals surface area contributed by atoms with Crippen molar-refractivity contribution < 1.29 is 27.4 Å². The Hall–Kier alpha value is -0.780. The van der Waals surface area contributed by atoms with E-state index in [4.69, 9.17) is 9.47 Å². The highest BCUT2D eigenvalue weighted by Crippen LogP contribution is 2.76. The van der Waals surface area contributed by atoms with Crippen LogP contribution in [0.3, 0.4) is 0 Å². The summed E-state index contributed by atoms with van der Waals surface area (Å²) >= 11 is 0. The molecule has 4 bridgehead atoms. The predicted molar refractivity (Wildman–Crippen MR) is 88.8 cm³/mol. The summed E-state index contributed by atoms with van der Waals surface area (Å²) < 4.78 is 53.2. The standard InChI is InChI=1S/C20H29F3O3/c1-5-25-11(4)26-18(24)19(20(21,22)23)8-12-6-15(19)17-14-7-13(16(12)17)9(2)10(14)3/h9-17H,5-8H2,1-4H3. The molecule has 0 amide bonds. The van der Waals surface area contributed by atoms with E-state index in [0.717, 1.165) is 6.42 Å². The van der Waals surface area contributed by atoms with Gasteiger partial charge in [0.1, 0.15) is 0 Å². The molecule has 4 aliphatic rings. The molecule has 148 valence electrons. The Kier molecular flexibility index (Phi) is 4.18. The Balaban J connectivity index is 1.65. The zero-order valence-electron chi connectivity index (χ0n) is 15.9. The summed E-state index contributed by atoms with van der Waals surface area (Å²) in [6.45, 7) is 7.95. The smallest absolute Gasteiger partial charge is 0.405 e. The second-order valence-electron chi connectivity index (χ2n) is 9.14. The Morgan fingerprint density at radius 2 is 1.77 bits per heavy atom. The fourth-order valence-corrected chi connectivity index (χ4v) is 7.50. The van der Waals surface area contributed by atoms with Gasteiger partial charge in [-0.05, 0) is 80.5 Å². The molecule has 0 aromatic carbocycles. The van der Waals surface area contributed by atoms with Crippen LogP contribution in [0.4, 0.5) is 13.2 Å². The minimum absolute atomic E-state index is 0.00604. The van der Waals surface area contributed by atoms with E-state index in [9.17, 15) is 18.0 Å². The molecule has 0 radical (unpaired) electrons. The molecule has 0 aliphatic heterocycles. The first-order valence-electron chi connectivity index (χ1n) is 10.0. The minimum Gasteiger partial charge on any atom is -0.435 e. The molecule has 4 fully saturated rings. The second kappa shape index (κ2) is 5.86. The largest absolute Gasteiger partial charge is 0.435 e. The van der Waals surface area contributed by atoms with Crippen molar-refractivity contribution >= 4 is 5.97 Å². The fraction of sp³-hybridized carbons (Fsp3) is 0.950. The normalized spacial score (nSPS) is 50.1. The molecule has 26 heavy (non-hydrogen) atoms. The average Bonchev–Trinajstić information content (AvgIpc) is 3.25. The molecule has 4 rings (SSSR count). The summed E-state index contributed by atoms with van der Waals surface area (Å²) in [6, 6.07) is 0. The van der Waals surface area contributed by atoms with E-state index in [1.807, 2.05) is 0 Å². The minimum atomic E-state index is -4.57. The van der Waals surface area contributed by atoms with E-state index in [1.54, 1.807) is 6.92 Å². The lowest BCUT2D eigenvalue weighted by atomic mass is 9.57. The first-order valence-corrected chi connectivity index (χ1v) is 10.0. The number of fused-ring (bicyclic) bond motifs is 9. The molecule has 4 aliphatic carbocycles. The number of ether oxygens (including phenoxy) is 2. The van der Waals surface area contributed by atoms with Gasteiger partial charge in [-0.1, -0.05) is 13.8 Å². The van der Waals surface area contributed by atoms with Gasteiger partial charge in [0.05, 0.1) is 0 Å². The lowest BCUT2D eigenvalue weighted by Crippen LogP contribution is -2.55. The van der Waals surface area contributed by atoms with Crippen LogP contribution in [-0.2, 0) is 14.3 Å². The highest BCUT2D eigenvalue weighted by Gasteiger charge is 2.78. The van der Waals surface area contributed by atoms with Gasteiger partial charge in [0.2, 0.25) is 0 Å². The molecule has 10 unspecified atom stereocenters. The summed E-state index contributed by atoms with van der Waals surface area (Å²) in [4.78, 5) is 12.8. The van der Waals surface area contributed by atoms with Crippen molar-refractivity contribution in [3.8, 4) is 0 Å². The molecule has 0 aromatic heterocycles. The summed E-state index contributed by atoms with van der Waals surface area (Å²) in [5, 5.41) is 0. The summed E-state index contributed by atoms with van der Waals surface area (Å²) in [5.41, 5.74) is -2.34. The summed E-state index contributed by atoms with van der Waals surface area (Å²) in [7, 11) is 0. The van der Waals surface area contributed by atoms with Crippen LogP contribution >= 0.6 is 0 Å². The van der Waals surface area contributed by atoms with Gasteiger partial charge in [-0.2, -0.15) is 13.2 Å². The van der Waals surface area contributed by atoms with E-state index in [2.05, 4.69) is 13.8 Å². The zero-order chi connectivity index (χ0) is 19.0. The van der Waals surface area contributed by atoms with Gasteiger partial charge in [0, 0.05) is 6.61 Å². The van der Waals surface area contributed by atoms with Crippen LogP contribution in [0.1, 0.15) is 47.0 Å². The lowest BCUT2D eigenvalue weighted by molar-refractivity contribution is -0.266. The van der Waals surface area contributed by atoms with Crippen molar-refractivity contribution in [2.75, 3.05) is 6.61 Å². The number of rotatable bonds is 4. The van der Waals surface area contributed by atoms with Gasteiger partial charge in [-0.15, -0.1) is 0 Å². The maximum atomic E-state index is 14.3. The molecular weight excluding hydrogens is 345 g/mol. The quantitative estimate of drug-likeness (QED) is 0.408. The van der Waals surface area contributed by atoms with Gasteiger partial charge in [0.25, 0.3) is 0 Å². The Bertz CT molecular complexity index is 591. The van der Waals surface area contributed by atoms with Crippen molar-refractivity contribution in [1.82, 2.24) is 0 Å². The van der Waals surface area contributed by atoms with E-state index in [1.165, 1.54) is 6.92 Å². The van der Waals surface area contributed by atoms with Crippen molar-refractivity contribution in [1.29, 1.82) is 0 Å². The number of halogens is 3. The molecule has 6 heteroatoms. The summed E-state index contributed by atoms with van der Waals surface area (Å²) in [6.07, 6.45) is -4.04. The molecule has 3 nitrogen and oxygen atoms in total. The zero-order valence-corrected chi connectivity index (χ0v) is 15.9. The number of hydrogen-bond donors (Lipinski definition) is 0. The molecule has 0 spiro atoms. The van der Waals surface area contributed by atoms with Gasteiger partial charge in [-0.25, -0.2) is 0 Å². The molecule has 4 saturated carbocycles. The van der Waals surface area contributed by atoms with Crippen molar-refractivity contribution in [2.45, 2.75) is 59.4 Å². The topological polar surface area (TPSA) is 35.5 Å². The summed E-state index contributed by atoms with van der Waals surface area (Å²) in [5.74, 6) is 0.588. The highest BCUT2D eigenvalue weighted by atomic mass is 19.4. The highest BCUT2D eigenvalue weighted by molar-refractivity contribution is 5.79. The second-order valence-corrected chi connectivity index (χ2v) is 9.14. The average molecular weight is 374 g/mol. The number of alkyl halides is 3. The number of esters is 1. The SMILES string of the molecule is CCOC(C)OC(=O)C1(C(F)(F)F)CC2CC1C1C3CC(C(C)C3C)C21. The molecule has 0 heterocycles. The van der Waals surface area contributed by atoms with Crippen LogP contribution in [0, 0.1) is 52.8 Å². The molecule has 0 N–H and O–H groups in total. The maximum absolute atomic E-state index is 14.3. The lowest BCUT2D eigenvalue weighted by Gasteiger charge is -2.48. The third-order valence-corrected chi connectivity index (χ3v) is 8.48. The van der Waals surface area contributed by atoms with Crippen LogP contribution in [0.15, 0.2) is 0 Å². The van der Waals surface area contributed by atoms with E-state index in [0.29, 0.717) is 42.6 Å². The monoisotopic (exact) mass is 374 g/mol. The number of carbonyl (C=O) groups excluding carboxylic acids is 1. The van der Waals surface area contributed by atoms with Crippen molar-refractivity contribution in [3.05, 3.63) is 0 Å². The van der Waals surface area contributed by atoms with Crippen molar-refractivity contribution in [2.24, 2.45) is 52.8 Å². The number of carbonyl (C=O) groups is 1. The molecule has 0 aromatic rings. The first-order chi connectivity index (χ1) is 12.1. The number of hydrogen-bond acceptors (Lipinski definition) is 3. The van der Waals surface area contributed by atoms with Crippen LogP contribution in [0.5, 0.6) is 0 Å². The maximum Gasteiger partial charge on any atom is 0.405 e. The van der Waals surface area contributed by atoms with E-state index >= 15 is 0 Å². The van der Waals surface area contributed by atoms with Crippen LogP contribution in [0.25, 0.3) is 0 Å². The third kappa shape index (κ3) is 2.20. The van der Waals surface area contributed by atoms with Gasteiger partial charge < -0.3 is 9.47 Å².